The van der Waals surface area contributed by atoms with E-state index >= 15 is 0 Å². The van der Waals surface area contributed by atoms with Gasteiger partial charge in [-0.25, -0.2) is 0 Å². The van der Waals surface area contributed by atoms with Gasteiger partial charge in [0.05, 0.1) is 6.42 Å². The molecule has 0 aliphatic carbocycles. The van der Waals surface area contributed by atoms with E-state index in [1.165, 1.54) is 11.3 Å². The molecule has 0 aromatic heterocycles. The molecule has 3 nitrogen and oxygen atoms in total. The van der Waals surface area contributed by atoms with E-state index in [2.05, 4.69) is 43.0 Å². The normalized spacial score (nSPS) is 18.7. The molecule has 3 heteroatoms. The van der Waals surface area contributed by atoms with Crippen molar-refractivity contribution < 1.29 is 9.90 Å². The highest BCUT2D eigenvalue weighted by Gasteiger charge is 2.32. The second-order valence-corrected chi connectivity index (χ2v) is 5.71. The van der Waals surface area contributed by atoms with Crippen molar-refractivity contribution in [1.82, 2.24) is 0 Å². The van der Waals surface area contributed by atoms with Crippen molar-refractivity contribution in [3.05, 3.63) is 29.8 Å². The summed E-state index contributed by atoms with van der Waals surface area (Å²) in [7, 11) is 0. The molecule has 1 aromatic rings. The minimum absolute atomic E-state index is 0.0356. The van der Waals surface area contributed by atoms with Crippen molar-refractivity contribution in [2.75, 3.05) is 18.0 Å². The fourth-order valence-electron chi connectivity index (χ4n) is 2.67. The lowest BCUT2D eigenvalue weighted by Gasteiger charge is -2.39. The van der Waals surface area contributed by atoms with Crippen LogP contribution < -0.4 is 4.90 Å². The van der Waals surface area contributed by atoms with Gasteiger partial charge in [0.2, 0.25) is 0 Å². The van der Waals surface area contributed by atoms with Crippen LogP contribution in [0.5, 0.6) is 0 Å². The van der Waals surface area contributed by atoms with Gasteiger partial charge in [-0.1, -0.05) is 19.1 Å². The first-order valence-corrected chi connectivity index (χ1v) is 6.52. The number of hydrogen-bond acceptors (Lipinski definition) is 2. The first-order chi connectivity index (χ1) is 8.48. The molecule has 1 saturated heterocycles. The Bertz CT molecular complexity index is 434. The summed E-state index contributed by atoms with van der Waals surface area (Å²) in [6.45, 7) is 6.09. The van der Waals surface area contributed by atoms with E-state index in [4.69, 9.17) is 5.11 Å². The number of aryl methyl sites for hydroxylation is 1. The summed E-state index contributed by atoms with van der Waals surface area (Å²) in [5.41, 5.74) is 2.49. The number of hydrogen-bond donors (Lipinski definition) is 1. The van der Waals surface area contributed by atoms with Gasteiger partial charge in [-0.15, -0.1) is 0 Å². The maximum absolute atomic E-state index is 10.9. The molecule has 0 radical (unpaired) electrons. The van der Waals surface area contributed by atoms with Crippen LogP contribution in [0.25, 0.3) is 0 Å². The molecule has 0 unspecified atom stereocenters. The van der Waals surface area contributed by atoms with Crippen LogP contribution in [0.4, 0.5) is 5.69 Å². The zero-order chi connectivity index (χ0) is 13.2. The molecule has 1 heterocycles. The molecule has 2 rings (SSSR count). The Morgan fingerprint density at radius 3 is 2.61 bits per heavy atom. The molecule has 1 aromatic carbocycles. The molecular weight excluding hydrogens is 226 g/mol. The molecule has 1 aliphatic heterocycles. The van der Waals surface area contributed by atoms with Crippen molar-refractivity contribution in [3.63, 3.8) is 0 Å². The van der Waals surface area contributed by atoms with E-state index in [1.807, 2.05) is 0 Å². The van der Waals surface area contributed by atoms with Crippen molar-refractivity contribution in [1.29, 1.82) is 0 Å². The van der Waals surface area contributed by atoms with E-state index in [0.29, 0.717) is 0 Å². The van der Waals surface area contributed by atoms with E-state index in [1.54, 1.807) is 0 Å². The van der Waals surface area contributed by atoms with Crippen LogP contribution >= 0.6 is 0 Å². The zero-order valence-electron chi connectivity index (χ0n) is 11.1. The van der Waals surface area contributed by atoms with Crippen LogP contribution in [0.2, 0.25) is 0 Å². The summed E-state index contributed by atoms with van der Waals surface area (Å²) in [5.74, 6) is -0.679. The van der Waals surface area contributed by atoms with Gasteiger partial charge in [-0.05, 0) is 42.9 Å². The molecule has 0 amide bonds. The van der Waals surface area contributed by atoms with Gasteiger partial charge in [-0.3, -0.25) is 4.79 Å². The maximum atomic E-state index is 10.9. The first kappa shape index (κ1) is 12.9. The molecule has 1 fully saturated rings. The van der Waals surface area contributed by atoms with Crippen LogP contribution in [0, 0.1) is 12.3 Å². The highest BCUT2D eigenvalue weighted by atomic mass is 16.4. The van der Waals surface area contributed by atoms with E-state index in [9.17, 15) is 4.79 Å². The summed E-state index contributed by atoms with van der Waals surface area (Å²) in [5, 5.41) is 8.94. The van der Waals surface area contributed by atoms with Gasteiger partial charge in [0.15, 0.2) is 0 Å². The fraction of sp³-hybridized carbons (Fsp3) is 0.533. The van der Waals surface area contributed by atoms with Crippen LogP contribution in [-0.4, -0.2) is 24.2 Å². The molecule has 1 N–H and O–H groups in total. The van der Waals surface area contributed by atoms with Crippen LogP contribution in [0.15, 0.2) is 24.3 Å². The van der Waals surface area contributed by atoms with Gasteiger partial charge < -0.3 is 10.0 Å². The number of rotatable bonds is 3. The minimum atomic E-state index is -0.679. The lowest BCUT2D eigenvalue weighted by Crippen LogP contribution is -2.39. The summed E-state index contributed by atoms with van der Waals surface area (Å²) < 4.78 is 0. The van der Waals surface area contributed by atoms with Crippen LogP contribution in [0.1, 0.15) is 31.7 Å². The van der Waals surface area contributed by atoms with Gasteiger partial charge in [0, 0.05) is 18.8 Å². The minimum Gasteiger partial charge on any atom is -0.481 e. The summed E-state index contributed by atoms with van der Waals surface area (Å²) in [6.07, 6.45) is 2.19. The number of aliphatic carboxylic acids is 1. The topological polar surface area (TPSA) is 40.5 Å². The van der Waals surface area contributed by atoms with Crippen molar-refractivity contribution in [2.45, 2.75) is 33.1 Å². The van der Waals surface area contributed by atoms with Gasteiger partial charge in [-0.2, -0.15) is 0 Å². The molecule has 1 aliphatic rings. The average Bonchev–Trinajstić information content (AvgIpc) is 2.28. The number of benzene rings is 1. The zero-order valence-corrected chi connectivity index (χ0v) is 11.1. The number of piperidine rings is 1. The summed E-state index contributed by atoms with van der Waals surface area (Å²) in [4.78, 5) is 13.2. The second-order valence-electron chi connectivity index (χ2n) is 5.71. The molecule has 0 saturated carbocycles. The fourth-order valence-corrected chi connectivity index (χ4v) is 2.67. The first-order valence-electron chi connectivity index (χ1n) is 6.52. The Labute approximate surface area is 108 Å². The average molecular weight is 247 g/mol. The quantitative estimate of drug-likeness (QED) is 0.892. The maximum Gasteiger partial charge on any atom is 0.303 e. The second kappa shape index (κ2) is 5.01. The van der Waals surface area contributed by atoms with E-state index in [-0.39, 0.29) is 11.8 Å². The highest BCUT2D eigenvalue weighted by molar-refractivity contribution is 5.67. The molecule has 0 atom stereocenters. The lowest BCUT2D eigenvalue weighted by atomic mass is 9.77. The molecular formula is C15H21NO2. The predicted molar refractivity (Wildman–Crippen MR) is 73.0 cm³/mol. The Kier molecular flexibility index (Phi) is 3.60. The smallest absolute Gasteiger partial charge is 0.303 e. The van der Waals surface area contributed by atoms with E-state index in [0.717, 1.165) is 25.9 Å². The Hall–Kier alpha value is -1.51. The van der Waals surface area contributed by atoms with Gasteiger partial charge in [0.1, 0.15) is 0 Å². The third-order valence-corrected chi connectivity index (χ3v) is 3.92. The Morgan fingerprint density at radius 2 is 2.06 bits per heavy atom. The number of anilines is 1. The molecule has 0 spiro atoms. The van der Waals surface area contributed by atoms with Crippen molar-refractivity contribution in [2.24, 2.45) is 5.41 Å². The summed E-state index contributed by atoms with van der Waals surface area (Å²) >= 11 is 0. The van der Waals surface area contributed by atoms with Gasteiger partial charge in [0.25, 0.3) is 0 Å². The standard InChI is InChI=1S/C15H21NO2/c1-12-4-3-5-13(10-12)16-8-6-15(2,7-9-16)11-14(17)18/h3-5,10H,6-9,11H2,1-2H3,(H,17,18). The van der Waals surface area contributed by atoms with Crippen molar-refractivity contribution in [3.8, 4) is 0 Å². The number of carboxylic acids is 1. The van der Waals surface area contributed by atoms with Gasteiger partial charge >= 0.3 is 5.97 Å². The number of nitrogens with zero attached hydrogens (tertiary/aromatic N) is 1. The van der Waals surface area contributed by atoms with Crippen molar-refractivity contribution >= 4 is 11.7 Å². The monoisotopic (exact) mass is 247 g/mol. The Balaban J connectivity index is 2.00. The lowest BCUT2D eigenvalue weighted by molar-refractivity contribution is -0.139. The molecule has 0 bridgehead atoms. The molecule has 98 valence electrons. The third-order valence-electron chi connectivity index (χ3n) is 3.92. The third kappa shape index (κ3) is 3.03. The Morgan fingerprint density at radius 1 is 1.39 bits per heavy atom. The predicted octanol–water partition coefficient (Wildman–Crippen LogP) is 3.08. The molecule has 18 heavy (non-hydrogen) atoms. The van der Waals surface area contributed by atoms with Crippen LogP contribution in [-0.2, 0) is 4.79 Å². The SMILES string of the molecule is Cc1cccc(N2CCC(C)(CC(=O)O)CC2)c1. The summed E-state index contributed by atoms with van der Waals surface area (Å²) in [6, 6.07) is 8.50. The number of carbonyl (C=O) groups is 1. The largest absolute Gasteiger partial charge is 0.481 e. The van der Waals surface area contributed by atoms with Crippen LogP contribution in [0.3, 0.4) is 0 Å². The van der Waals surface area contributed by atoms with E-state index < -0.39 is 5.97 Å². The number of carboxylic acid groups (broad SMARTS) is 1. The highest BCUT2D eigenvalue weighted by Crippen LogP contribution is 2.35.